The van der Waals surface area contributed by atoms with E-state index in [-0.39, 0.29) is 0 Å². The van der Waals surface area contributed by atoms with Gasteiger partial charge in [0.15, 0.2) is 0 Å². The van der Waals surface area contributed by atoms with Crippen LogP contribution in [-0.4, -0.2) is 18.1 Å². The highest BCUT2D eigenvalue weighted by Crippen LogP contribution is 2.20. The Hall–Kier alpha value is -1.67. The van der Waals surface area contributed by atoms with Gasteiger partial charge in [0, 0.05) is 29.9 Å². The van der Waals surface area contributed by atoms with Gasteiger partial charge in [0.2, 0.25) is 0 Å². The summed E-state index contributed by atoms with van der Waals surface area (Å²) in [7, 11) is 0. The second-order valence-electron chi connectivity index (χ2n) is 4.78. The summed E-state index contributed by atoms with van der Waals surface area (Å²) in [6.07, 6.45) is 8.40. The van der Waals surface area contributed by atoms with Crippen molar-refractivity contribution in [1.29, 1.82) is 0 Å². The first-order chi connectivity index (χ1) is 9.35. The molecule has 0 fully saturated rings. The number of nitrogens with one attached hydrogen (secondary N) is 1. The molecule has 0 unspecified atom stereocenters. The third-order valence-corrected chi connectivity index (χ3v) is 3.29. The van der Waals surface area contributed by atoms with Crippen LogP contribution < -0.4 is 5.32 Å². The van der Waals surface area contributed by atoms with Gasteiger partial charge >= 0.3 is 0 Å². The van der Waals surface area contributed by atoms with Gasteiger partial charge in [-0.05, 0) is 24.8 Å². The Morgan fingerprint density at radius 2 is 2.05 bits per heavy atom. The summed E-state index contributed by atoms with van der Waals surface area (Å²) in [6, 6.07) is 8.41. The molecular formula is C17H22N2. The van der Waals surface area contributed by atoms with E-state index in [1.165, 1.54) is 28.3 Å². The fourth-order valence-electron chi connectivity index (χ4n) is 2.18. The lowest BCUT2D eigenvalue weighted by atomic mass is 10.0. The van der Waals surface area contributed by atoms with E-state index in [1.807, 2.05) is 12.4 Å². The molecule has 0 aliphatic carbocycles. The molecule has 0 saturated carbocycles. The molecule has 0 saturated heterocycles. The zero-order valence-electron chi connectivity index (χ0n) is 11.8. The predicted octanol–water partition coefficient (Wildman–Crippen LogP) is 4.03. The van der Waals surface area contributed by atoms with Crippen LogP contribution in [0, 0.1) is 0 Å². The number of hydrogen-bond acceptors (Lipinski definition) is 2. The molecule has 2 heteroatoms. The van der Waals surface area contributed by atoms with E-state index in [1.54, 1.807) is 0 Å². The van der Waals surface area contributed by atoms with E-state index in [9.17, 15) is 0 Å². The van der Waals surface area contributed by atoms with Crippen molar-refractivity contribution in [2.45, 2.75) is 26.7 Å². The molecule has 1 heterocycles. The number of nitrogens with zero attached hydrogens (tertiary/aromatic N) is 1. The van der Waals surface area contributed by atoms with Gasteiger partial charge in [-0.15, -0.1) is 0 Å². The minimum Gasteiger partial charge on any atom is -0.313 e. The van der Waals surface area contributed by atoms with Crippen molar-refractivity contribution in [1.82, 2.24) is 10.3 Å². The molecule has 1 N–H and O–H groups in total. The molecule has 1 aromatic carbocycles. The molecule has 2 rings (SSSR count). The summed E-state index contributed by atoms with van der Waals surface area (Å²) >= 11 is 0. The molecule has 0 bridgehead atoms. The monoisotopic (exact) mass is 254 g/mol. The van der Waals surface area contributed by atoms with Crippen LogP contribution in [0.5, 0.6) is 0 Å². The number of fused-ring (bicyclic) bond motifs is 1. The summed E-state index contributed by atoms with van der Waals surface area (Å²) in [4.78, 5) is 4.33. The molecule has 1 aromatic heterocycles. The topological polar surface area (TPSA) is 24.9 Å². The number of hydrogen-bond donors (Lipinski definition) is 1. The van der Waals surface area contributed by atoms with Crippen molar-refractivity contribution >= 4 is 16.8 Å². The minimum absolute atomic E-state index is 0.966. The predicted molar refractivity (Wildman–Crippen MR) is 83.2 cm³/mol. The Labute approximate surface area is 115 Å². The summed E-state index contributed by atoms with van der Waals surface area (Å²) in [5, 5.41) is 5.94. The molecule has 0 radical (unpaired) electrons. The fourth-order valence-corrected chi connectivity index (χ4v) is 2.18. The molecule has 2 nitrogen and oxygen atoms in total. The highest BCUT2D eigenvalue weighted by molar-refractivity contribution is 5.89. The van der Waals surface area contributed by atoms with Crippen LogP contribution in [0.2, 0.25) is 0 Å². The molecule has 0 amide bonds. The summed E-state index contributed by atoms with van der Waals surface area (Å²) < 4.78 is 0. The first kappa shape index (κ1) is 13.8. The number of pyridine rings is 1. The molecule has 0 aliphatic heterocycles. The van der Waals surface area contributed by atoms with Crippen LogP contribution in [-0.2, 0) is 0 Å². The van der Waals surface area contributed by atoms with Gasteiger partial charge in [0.25, 0.3) is 0 Å². The highest BCUT2D eigenvalue weighted by atomic mass is 14.8. The Bertz CT molecular complexity index is 553. The minimum atomic E-state index is 0.966. The summed E-state index contributed by atoms with van der Waals surface area (Å²) in [6.45, 7) is 6.44. The molecule has 19 heavy (non-hydrogen) atoms. The summed E-state index contributed by atoms with van der Waals surface area (Å²) in [5.41, 5.74) is 2.64. The van der Waals surface area contributed by atoms with Gasteiger partial charge in [-0.1, -0.05) is 49.8 Å². The molecular weight excluding hydrogens is 232 g/mol. The average molecular weight is 254 g/mol. The van der Waals surface area contributed by atoms with E-state index in [0.29, 0.717) is 0 Å². The van der Waals surface area contributed by atoms with Crippen LogP contribution in [0.1, 0.15) is 32.3 Å². The Balaban J connectivity index is 2.27. The zero-order chi connectivity index (χ0) is 13.5. The molecule has 2 aromatic rings. The van der Waals surface area contributed by atoms with E-state index < -0.39 is 0 Å². The number of rotatable bonds is 6. The first-order valence-corrected chi connectivity index (χ1v) is 7.08. The van der Waals surface area contributed by atoms with E-state index in [4.69, 9.17) is 0 Å². The quantitative estimate of drug-likeness (QED) is 0.787. The lowest BCUT2D eigenvalue weighted by molar-refractivity contribution is 0.706. The normalized spacial score (nSPS) is 12.0. The summed E-state index contributed by atoms with van der Waals surface area (Å²) in [5.74, 6) is 0. The van der Waals surface area contributed by atoms with E-state index in [2.05, 4.69) is 54.5 Å². The van der Waals surface area contributed by atoms with Crippen LogP contribution in [0.4, 0.5) is 0 Å². The van der Waals surface area contributed by atoms with Crippen molar-refractivity contribution in [3.8, 4) is 0 Å². The zero-order valence-corrected chi connectivity index (χ0v) is 11.8. The highest BCUT2D eigenvalue weighted by Gasteiger charge is 2.00. The SMILES string of the molecule is CCCNC/C(=C/c1cncc2ccccc12)CC. The lowest BCUT2D eigenvalue weighted by Crippen LogP contribution is -2.17. The standard InChI is InChI=1S/C17H22N2/c1-3-9-18-11-14(4-2)10-16-13-19-12-15-7-5-6-8-17(15)16/h5-8,10,12-13,18H,3-4,9,11H2,1-2H3/b14-10+. The molecule has 100 valence electrons. The van der Waals surface area contributed by atoms with Crippen molar-refractivity contribution in [2.24, 2.45) is 0 Å². The molecule has 0 spiro atoms. The van der Waals surface area contributed by atoms with E-state index in [0.717, 1.165) is 19.5 Å². The second kappa shape index (κ2) is 7.05. The third kappa shape index (κ3) is 3.65. The maximum Gasteiger partial charge on any atom is 0.0346 e. The fraction of sp³-hybridized carbons (Fsp3) is 0.353. The average Bonchev–Trinajstić information content (AvgIpc) is 2.46. The van der Waals surface area contributed by atoms with Gasteiger partial charge < -0.3 is 5.32 Å². The van der Waals surface area contributed by atoms with Crippen LogP contribution >= 0.6 is 0 Å². The Morgan fingerprint density at radius 3 is 2.84 bits per heavy atom. The smallest absolute Gasteiger partial charge is 0.0346 e. The Morgan fingerprint density at radius 1 is 1.21 bits per heavy atom. The van der Waals surface area contributed by atoms with Crippen molar-refractivity contribution in [3.63, 3.8) is 0 Å². The number of benzene rings is 1. The van der Waals surface area contributed by atoms with Gasteiger partial charge in [-0.25, -0.2) is 0 Å². The maximum atomic E-state index is 4.33. The van der Waals surface area contributed by atoms with Crippen LogP contribution in [0.25, 0.3) is 16.8 Å². The number of aromatic nitrogens is 1. The van der Waals surface area contributed by atoms with Crippen molar-refractivity contribution in [2.75, 3.05) is 13.1 Å². The maximum absolute atomic E-state index is 4.33. The largest absolute Gasteiger partial charge is 0.313 e. The van der Waals surface area contributed by atoms with Gasteiger partial charge in [0.05, 0.1) is 0 Å². The molecule has 0 aliphatic rings. The van der Waals surface area contributed by atoms with Crippen molar-refractivity contribution < 1.29 is 0 Å². The van der Waals surface area contributed by atoms with Gasteiger partial charge in [-0.3, -0.25) is 4.98 Å². The molecule has 0 atom stereocenters. The second-order valence-corrected chi connectivity index (χ2v) is 4.78. The third-order valence-electron chi connectivity index (χ3n) is 3.29. The van der Waals surface area contributed by atoms with Crippen molar-refractivity contribution in [3.05, 3.63) is 47.8 Å². The lowest BCUT2D eigenvalue weighted by Gasteiger charge is -2.08. The van der Waals surface area contributed by atoms with Gasteiger partial charge in [0.1, 0.15) is 0 Å². The van der Waals surface area contributed by atoms with E-state index >= 15 is 0 Å². The first-order valence-electron chi connectivity index (χ1n) is 7.08. The Kier molecular flexibility index (Phi) is 5.10. The van der Waals surface area contributed by atoms with Crippen LogP contribution in [0.15, 0.2) is 42.2 Å². The van der Waals surface area contributed by atoms with Crippen LogP contribution in [0.3, 0.4) is 0 Å². The van der Waals surface area contributed by atoms with Gasteiger partial charge in [-0.2, -0.15) is 0 Å².